The van der Waals surface area contributed by atoms with Crippen LogP contribution in [-0.4, -0.2) is 29.4 Å². The van der Waals surface area contributed by atoms with E-state index in [-0.39, 0.29) is 5.91 Å². The molecule has 0 radical (unpaired) electrons. The lowest BCUT2D eigenvalue weighted by molar-refractivity contribution is 0.0770. The van der Waals surface area contributed by atoms with Crippen molar-refractivity contribution >= 4 is 17.2 Å². The minimum atomic E-state index is -0.141. The summed E-state index contributed by atoms with van der Waals surface area (Å²) in [5.74, 6) is 1.34. The van der Waals surface area contributed by atoms with Crippen molar-refractivity contribution < 1.29 is 13.9 Å². The molecule has 1 amide bonds. The van der Waals surface area contributed by atoms with Gasteiger partial charge in [0.05, 0.1) is 12.8 Å². The molecule has 2 heterocycles. The summed E-state index contributed by atoms with van der Waals surface area (Å²) >= 11 is 1.43. The fraction of sp³-hybridized carbons (Fsp3) is 0.158. The molecule has 25 heavy (non-hydrogen) atoms. The summed E-state index contributed by atoms with van der Waals surface area (Å²) in [5.41, 5.74) is 1.34. The fourth-order valence-corrected chi connectivity index (χ4v) is 3.07. The molecule has 0 aliphatic heterocycles. The van der Waals surface area contributed by atoms with Crippen LogP contribution in [0.15, 0.2) is 65.1 Å². The summed E-state index contributed by atoms with van der Waals surface area (Å²) in [5, 5.41) is 2.55. The Bertz CT molecular complexity index is 855. The van der Waals surface area contributed by atoms with E-state index in [4.69, 9.17) is 9.15 Å². The molecule has 0 atom stereocenters. The maximum Gasteiger partial charge on any atom is 0.273 e. The van der Waals surface area contributed by atoms with Gasteiger partial charge in [-0.05, 0) is 24.3 Å². The van der Waals surface area contributed by atoms with E-state index in [0.717, 1.165) is 22.1 Å². The van der Waals surface area contributed by atoms with Crippen LogP contribution in [0.2, 0.25) is 0 Å². The van der Waals surface area contributed by atoms with Crippen LogP contribution in [0.25, 0.3) is 10.6 Å². The van der Waals surface area contributed by atoms with E-state index in [2.05, 4.69) is 11.6 Å². The second-order valence-corrected chi connectivity index (χ2v) is 6.26. The van der Waals surface area contributed by atoms with Gasteiger partial charge in [-0.25, -0.2) is 4.98 Å². The molecule has 0 unspecified atom stereocenters. The van der Waals surface area contributed by atoms with Crippen molar-refractivity contribution in [3.05, 3.63) is 72.2 Å². The molecule has 128 valence electrons. The van der Waals surface area contributed by atoms with Gasteiger partial charge in [0.2, 0.25) is 0 Å². The van der Waals surface area contributed by atoms with Crippen LogP contribution in [0.1, 0.15) is 16.2 Å². The third-order valence-corrected chi connectivity index (χ3v) is 4.38. The number of thiazole rings is 1. The van der Waals surface area contributed by atoms with Gasteiger partial charge in [-0.15, -0.1) is 11.3 Å². The molecule has 0 aliphatic rings. The Morgan fingerprint density at radius 3 is 3.04 bits per heavy atom. The highest BCUT2D eigenvalue weighted by atomic mass is 32.1. The summed E-state index contributed by atoms with van der Waals surface area (Å²) in [7, 11) is 1.73. The third-order valence-electron chi connectivity index (χ3n) is 3.49. The van der Waals surface area contributed by atoms with Crippen LogP contribution < -0.4 is 4.74 Å². The van der Waals surface area contributed by atoms with Gasteiger partial charge in [0.1, 0.15) is 28.8 Å². The molecule has 5 nitrogen and oxygen atoms in total. The lowest BCUT2D eigenvalue weighted by Crippen LogP contribution is -2.26. The molecule has 0 N–H and O–H groups in total. The Labute approximate surface area is 150 Å². The number of aromatic nitrogens is 1. The van der Waals surface area contributed by atoms with Crippen LogP contribution in [-0.2, 0) is 6.54 Å². The molecule has 0 saturated carbocycles. The molecule has 0 bridgehead atoms. The molecule has 1 aromatic carbocycles. The van der Waals surface area contributed by atoms with E-state index in [1.165, 1.54) is 11.3 Å². The average molecular weight is 354 g/mol. The normalized spacial score (nSPS) is 10.4. The molecule has 0 aliphatic carbocycles. The van der Waals surface area contributed by atoms with Crippen molar-refractivity contribution in [1.82, 2.24) is 9.88 Å². The summed E-state index contributed by atoms with van der Waals surface area (Å²) in [6, 6.07) is 11.3. The van der Waals surface area contributed by atoms with E-state index in [0.29, 0.717) is 18.8 Å². The molecular formula is C19H18N2O3S. The number of amides is 1. The van der Waals surface area contributed by atoms with Gasteiger partial charge in [0, 0.05) is 18.0 Å². The second-order valence-electron chi connectivity index (χ2n) is 5.41. The molecule has 3 aromatic rings. The summed E-state index contributed by atoms with van der Waals surface area (Å²) < 4.78 is 10.8. The van der Waals surface area contributed by atoms with Gasteiger partial charge < -0.3 is 14.1 Å². The molecular weight excluding hydrogens is 336 g/mol. The first-order valence-electron chi connectivity index (χ1n) is 7.75. The highest BCUT2D eigenvalue weighted by molar-refractivity contribution is 7.13. The van der Waals surface area contributed by atoms with Gasteiger partial charge in [-0.1, -0.05) is 24.8 Å². The lowest BCUT2D eigenvalue weighted by Gasteiger charge is -2.13. The van der Waals surface area contributed by atoms with E-state index in [1.54, 1.807) is 35.7 Å². The number of benzene rings is 1. The predicted molar refractivity (Wildman–Crippen MR) is 97.7 cm³/mol. The van der Waals surface area contributed by atoms with Crippen molar-refractivity contribution in [2.24, 2.45) is 0 Å². The topological polar surface area (TPSA) is 55.6 Å². The minimum Gasteiger partial charge on any atom is -0.490 e. The van der Waals surface area contributed by atoms with E-state index < -0.39 is 0 Å². The molecule has 6 heteroatoms. The fourth-order valence-electron chi connectivity index (χ4n) is 2.28. The Hall–Kier alpha value is -2.86. The number of rotatable bonds is 7. The van der Waals surface area contributed by atoms with Crippen molar-refractivity contribution in [2.75, 3.05) is 13.7 Å². The SMILES string of the molecule is C=CCOc1cccc(-c2nc(C(=O)N(C)Cc3ccco3)cs2)c1. The largest absolute Gasteiger partial charge is 0.490 e. The van der Waals surface area contributed by atoms with Crippen LogP contribution in [0, 0.1) is 0 Å². The van der Waals surface area contributed by atoms with E-state index >= 15 is 0 Å². The Kier molecular flexibility index (Phi) is 5.30. The zero-order valence-corrected chi connectivity index (χ0v) is 14.7. The highest BCUT2D eigenvalue weighted by Gasteiger charge is 2.17. The van der Waals surface area contributed by atoms with Gasteiger partial charge in [-0.3, -0.25) is 4.79 Å². The monoisotopic (exact) mass is 354 g/mol. The second kappa shape index (κ2) is 7.81. The first-order chi connectivity index (χ1) is 12.2. The van der Waals surface area contributed by atoms with E-state index in [1.807, 2.05) is 30.3 Å². The maximum atomic E-state index is 12.5. The van der Waals surface area contributed by atoms with E-state index in [9.17, 15) is 4.79 Å². The maximum absolute atomic E-state index is 12.5. The molecule has 2 aromatic heterocycles. The standard InChI is InChI=1S/C19H18N2O3S/c1-3-9-23-15-7-4-6-14(11-15)18-20-17(13-25-18)19(22)21(2)12-16-8-5-10-24-16/h3-8,10-11,13H,1,9,12H2,2H3. The quantitative estimate of drug-likeness (QED) is 0.596. The minimum absolute atomic E-state index is 0.141. The average Bonchev–Trinajstić information content (AvgIpc) is 3.31. The summed E-state index contributed by atoms with van der Waals surface area (Å²) in [6.45, 7) is 4.49. The van der Waals surface area contributed by atoms with Gasteiger partial charge in [0.15, 0.2) is 0 Å². The zero-order chi connectivity index (χ0) is 17.6. The van der Waals surface area contributed by atoms with Crippen molar-refractivity contribution in [3.8, 4) is 16.3 Å². The Balaban J connectivity index is 1.73. The number of carbonyl (C=O) groups excluding carboxylic acids is 1. The number of ether oxygens (including phenoxy) is 1. The number of carbonyl (C=O) groups is 1. The Morgan fingerprint density at radius 1 is 1.40 bits per heavy atom. The first kappa shape index (κ1) is 17.0. The van der Waals surface area contributed by atoms with Crippen LogP contribution in [0.5, 0.6) is 5.75 Å². The van der Waals surface area contributed by atoms with Crippen LogP contribution >= 0.6 is 11.3 Å². The Morgan fingerprint density at radius 2 is 2.28 bits per heavy atom. The van der Waals surface area contributed by atoms with Crippen LogP contribution in [0.4, 0.5) is 0 Å². The lowest BCUT2D eigenvalue weighted by atomic mass is 10.2. The number of hydrogen-bond acceptors (Lipinski definition) is 5. The van der Waals surface area contributed by atoms with Gasteiger partial charge in [-0.2, -0.15) is 0 Å². The number of furan rings is 1. The molecule has 0 fully saturated rings. The number of hydrogen-bond donors (Lipinski definition) is 0. The predicted octanol–water partition coefficient (Wildman–Crippen LogP) is 4.24. The summed E-state index contributed by atoms with van der Waals surface area (Å²) in [6.07, 6.45) is 3.29. The number of nitrogens with zero attached hydrogens (tertiary/aromatic N) is 2. The molecule has 3 rings (SSSR count). The molecule has 0 saturated heterocycles. The molecule has 0 spiro atoms. The van der Waals surface area contributed by atoms with Gasteiger partial charge >= 0.3 is 0 Å². The first-order valence-corrected chi connectivity index (χ1v) is 8.63. The summed E-state index contributed by atoms with van der Waals surface area (Å²) in [4.78, 5) is 18.6. The van der Waals surface area contributed by atoms with Crippen molar-refractivity contribution in [3.63, 3.8) is 0 Å². The van der Waals surface area contributed by atoms with Crippen molar-refractivity contribution in [2.45, 2.75) is 6.54 Å². The van der Waals surface area contributed by atoms with Crippen molar-refractivity contribution in [1.29, 1.82) is 0 Å². The van der Waals surface area contributed by atoms with Gasteiger partial charge in [0.25, 0.3) is 5.91 Å². The van der Waals surface area contributed by atoms with Crippen LogP contribution in [0.3, 0.4) is 0 Å². The highest BCUT2D eigenvalue weighted by Crippen LogP contribution is 2.27. The smallest absolute Gasteiger partial charge is 0.273 e. The third kappa shape index (κ3) is 4.16. The zero-order valence-electron chi connectivity index (χ0n) is 13.8.